The number of halogens is 1. The zero-order valence-electron chi connectivity index (χ0n) is 10.4. The Hall–Kier alpha value is -1.45. The van der Waals surface area contributed by atoms with Crippen molar-refractivity contribution in [1.29, 1.82) is 0 Å². The summed E-state index contributed by atoms with van der Waals surface area (Å²) in [5.41, 5.74) is 2.53. The molecule has 96 valence electrons. The molecule has 3 heteroatoms. The van der Waals surface area contributed by atoms with Crippen LogP contribution in [0.25, 0.3) is 0 Å². The Balaban J connectivity index is 2.27. The van der Waals surface area contributed by atoms with Crippen molar-refractivity contribution in [3.8, 4) is 0 Å². The molecule has 2 nitrogen and oxygen atoms in total. The minimum atomic E-state index is -0.741. The van der Waals surface area contributed by atoms with E-state index in [0.29, 0.717) is 0 Å². The Labute approximate surface area is 121 Å². The smallest absolute Gasteiger partial charge is 0.149 e. The zero-order valence-corrected chi connectivity index (χ0v) is 12.0. The zero-order chi connectivity index (χ0) is 13.3. The molecule has 0 saturated carbocycles. The highest BCUT2D eigenvalue weighted by Gasteiger charge is 2.38. The van der Waals surface area contributed by atoms with Crippen LogP contribution in [0.2, 0.25) is 0 Å². The van der Waals surface area contributed by atoms with E-state index in [1.54, 1.807) is 0 Å². The summed E-state index contributed by atoms with van der Waals surface area (Å²) in [5, 5.41) is 3.40. The van der Waals surface area contributed by atoms with Crippen LogP contribution in [-0.2, 0) is 16.8 Å². The molecule has 0 spiro atoms. The number of hydrogen-bond acceptors (Lipinski definition) is 2. The van der Waals surface area contributed by atoms with E-state index in [-0.39, 0.29) is 0 Å². The highest BCUT2D eigenvalue weighted by molar-refractivity contribution is 9.10. The summed E-state index contributed by atoms with van der Waals surface area (Å²) < 4.78 is 0.950. The lowest BCUT2D eigenvalue weighted by Gasteiger charge is -2.36. The molecule has 0 radical (unpaired) electrons. The van der Waals surface area contributed by atoms with Gasteiger partial charge < -0.3 is 4.79 Å². The van der Waals surface area contributed by atoms with Gasteiger partial charge in [0.25, 0.3) is 0 Å². The molecule has 0 fully saturated rings. The number of carbonyl (C=O) groups excluding carboxylic acids is 1. The van der Waals surface area contributed by atoms with Crippen LogP contribution < -0.4 is 5.32 Å². The summed E-state index contributed by atoms with van der Waals surface area (Å²) in [5.74, 6) is 0. The average molecular weight is 316 g/mol. The first kappa shape index (κ1) is 12.6. The average Bonchev–Trinajstić information content (AvgIpc) is 2.47. The molecule has 3 rings (SSSR count). The van der Waals surface area contributed by atoms with Crippen LogP contribution in [0, 0.1) is 0 Å². The van der Waals surface area contributed by atoms with Gasteiger partial charge in [-0.05, 0) is 29.2 Å². The number of rotatable bonds is 2. The van der Waals surface area contributed by atoms with Crippen molar-refractivity contribution < 1.29 is 4.79 Å². The standard InChI is InChI=1S/C16H14BrNO/c17-15-8-4-3-7-14(15)16(11-19)13-6-2-1-5-12(13)9-10-18-16/h1-8,11,18H,9-10H2. The molecule has 1 aliphatic heterocycles. The Bertz CT molecular complexity index is 626. The van der Waals surface area contributed by atoms with Gasteiger partial charge in [0.2, 0.25) is 0 Å². The van der Waals surface area contributed by atoms with E-state index < -0.39 is 5.54 Å². The van der Waals surface area contributed by atoms with E-state index >= 15 is 0 Å². The number of aldehydes is 1. The number of carbonyl (C=O) groups is 1. The third kappa shape index (κ3) is 1.94. The van der Waals surface area contributed by atoms with Gasteiger partial charge in [-0.2, -0.15) is 0 Å². The van der Waals surface area contributed by atoms with Crippen molar-refractivity contribution in [2.45, 2.75) is 12.0 Å². The van der Waals surface area contributed by atoms with Gasteiger partial charge >= 0.3 is 0 Å². The predicted molar refractivity (Wildman–Crippen MR) is 79.1 cm³/mol. The van der Waals surface area contributed by atoms with E-state index in [9.17, 15) is 4.79 Å². The predicted octanol–water partition coefficient (Wildman–Crippen LogP) is 3.04. The third-order valence-corrected chi connectivity index (χ3v) is 4.41. The molecule has 0 bridgehead atoms. The van der Waals surface area contributed by atoms with Crippen LogP contribution in [0.15, 0.2) is 53.0 Å². The summed E-state index contributed by atoms with van der Waals surface area (Å²) in [6, 6.07) is 16.0. The number of hydrogen-bond donors (Lipinski definition) is 1. The van der Waals surface area contributed by atoms with Gasteiger partial charge in [-0.25, -0.2) is 0 Å². The Morgan fingerprint density at radius 3 is 2.47 bits per heavy atom. The van der Waals surface area contributed by atoms with Crippen molar-refractivity contribution in [3.05, 3.63) is 69.7 Å². The van der Waals surface area contributed by atoms with Crippen LogP contribution in [0.1, 0.15) is 16.7 Å². The summed E-state index contributed by atoms with van der Waals surface area (Å²) >= 11 is 3.56. The van der Waals surface area contributed by atoms with Gasteiger partial charge in [0.15, 0.2) is 0 Å². The first-order valence-electron chi connectivity index (χ1n) is 6.33. The molecule has 0 saturated heterocycles. The lowest BCUT2D eigenvalue weighted by Crippen LogP contribution is -2.49. The third-order valence-electron chi connectivity index (χ3n) is 3.72. The van der Waals surface area contributed by atoms with Gasteiger partial charge in [0.1, 0.15) is 11.8 Å². The van der Waals surface area contributed by atoms with E-state index in [1.165, 1.54) is 5.56 Å². The molecule has 0 aliphatic carbocycles. The monoisotopic (exact) mass is 315 g/mol. The highest BCUT2D eigenvalue weighted by Crippen LogP contribution is 2.36. The minimum absolute atomic E-state index is 0.741. The highest BCUT2D eigenvalue weighted by atomic mass is 79.9. The lowest BCUT2D eigenvalue weighted by molar-refractivity contribution is -0.112. The Morgan fingerprint density at radius 2 is 1.74 bits per heavy atom. The number of benzene rings is 2. The van der Waals surface area contributed by atoms with Gasteiger partial charge in [-0.3, -0.25) is 5.32 Å². The number of nitrogens with one attached hydrogen (secondary N) is 1. The topological polar surface area (TPSA) is 29.1 Å². The molecule has 1 unspecified atom stereocenters. The quantitative estimate of drug-likeness (QED) is 0.863. The lowest BCUT2D eigenvalue weighted by atomic mass is 9.78. The largest absolute Gasteiger partial charge is 0.301 e. The van der Waals surface area contributed by atoms with E-state index in [2.05, 4.69) is 27.3 Å². The molecule has 2 aromatic carbocycles. The Kier molecular flexibility index (Phi) is 3.25. The second-order valence-electron chi connectivity index (χ2n) is 4.74. The molecule has 1 atom stereocenters. The molecule has 0 aromatic heterocycles. The first-order chi connectivity index (χ1) is 9.28. The van der Waals surface area contributed by atoms with Crippen LogP contribution in [0.4, 0.5) is 0 Å². The summed E-state index contributed by atoms with van der Waals surface area (Å²) in [6.07, 6.45) is 1.97. The fourth-order valence-electron chi connectivity index (χ4n) is 2.80. The van der Waals surface area contributed by atoms with Crippen LogP contribution in [-0.4, -0.2) is 12.8 Å². The molecule has 1 N–H and O–H groups in total. The molecule has 19 heavy (non-hydrogen) atoms. The van der Waals surface area contributed by atoms with E-state index in [0.717, 1.165) is 34.9 Å². The maximum atomic E-state index is 11.9. The van der Waals surface area contributed by atoms with Crippen molar-refractivity contribution in [3.63, 3.8) is 0 Å². The SMILES string of the molecule is O=CC1(c2ccccc2Br)NCCc2ccccc21. The van der Waals surface area contributed by atoms with Crippen molar-refractivity contribution in [2.75, 3.05) is 6.54 Å². The van der Waals surface area contributed by atoms with Crippen LogP contribution in [0.5, 0.6) is 0 Å². The van der Waals surface area contributed by atoms with Crippen LogP contribution in [0.3, 0.4) is 0 Å². The van der Waals surface area contributed by atoms with Gasteiger partial charge in [0.05, 0.1) is 0 Å². The van der Waals surface area contributed by atoms with E-state index in [1.807, 2.05) is 42.5 Å². The van der Waals surface area contributed by atoms with Crippen LogP contribution >= 0.6 is 15.9 Å². The van der Waals surface area contributed by atoms with Gasteiger partial charge in [-0.1, -0.05) is 58.4 Å². The maximum absolute atomic E-state index is 11.9. The van der Waals surface area contributed by atoms with Gasteiger partial charge in [0, 0.05) is 11.0 Å². The molecular formula is C16H14BrNO. The normalized spacial score (nSPS) is 21.7. The second kappa shape index (κ2) is 4.91. The number of fused-ring (bicyclic) bond motifs is 1. The molecule has 1 aliphatic rings. The van der Waals surface area contributed by atoms with E-state index in [4.69, 9.17) is 0 Å². The first-order valence-corrected chi connectivity index (χ1v) is 7.12. The van der Waals surface area contributed by atoms with Crippen molar-refractivity contribution in [1.82, 2.24) is 5.32 Å². The molecule has 0 amide bonds. The summed E-state index contributed by atoms with van der Waals surface area (Å²) in [6.45, 7) is 0.803. The molecule has 1 heterocycles. The van der Waals surface area contributed by atoms with Crippen molar-refractivity contribution >= 4 is 22.2 Å². The van der Waals surface area contributed by atoms with Crippen molar-refractivity contribution in [2.24, 2.45) is 0 Å². The minimum Gasteiger partial charge on any atom is -0.301 e. The fourth-order valence-corrected chi connectivity index (χ4v) is 3.40. The maximum Gasteiger partial charge on any atom is 0.149 e. The molecule has 2 aromatic rings. The second-order valence-corrected chi connectivity index (χ2v) is 5.59. The Morgan fingerprint density at radius 1 is 1.05 bits per heavy atom. The summed E-state index contributed by atoms with van der Waals surface area (Å²) in [7, 11) is 0. The summed E-state index contributed by atoms with van der Waals surface area (Å²) in [4.78, 5) is 11.9. The molecular weight excluding hydrogens is 302 g/mol. The van der Waals surface area contributed by atoms with Gasteiger partial charge in [-0.15, -0.1) is 0 Å². The fraction of sp³-hybridized carbons (Fsp3) is 0.188.